The Morgan fingerprint density at radius 3 is 2.93 bits per heavy atom. The number of nitrogens with zero attached hydrogens (tertiary/aromatic N) is 2. The van der Waals surface area contributed by atoms with Crippen LogP contribution in [-0.4, -0.2) is 9.38 Å². The molecule has 0 atom stereocenters. The van der Waals surface area contributed by atoms with Gasteiger partial charge in [0.2, 0.25) is 0 Å². The average molecular weight is 251 g/mol. The van der Waals surface area contributed by atoms with Crippen molar-refractivity contribution >= 4 is 21.4 Å². The summed E-state index contributed by atoms with van der Waals surface area (Å²) in [6, 6.07) is 4.25. The van der Waals surface area contributed by atoms with Crippen molar-refractivity contribution in [1.82, 2.24) is 9.38 Å². The monoisotopic (exact) mass is 250 g/mol. The van der Waals surface area contributed by atoms with E-state index >= 15 is 0 Å². The first-order chi connectivity index (χ1) is 6.75. The summed E-state index contributed by atoms with van der Waals surface area (Å²) in [6.07, 6.45) is 4.75. The van der Waals surface area contributed by atoms with E-state index in [1.807, 2.05) is 0 Å². The number of hydrogen-bond donors (Lipinski definition) is 0. The molecule has 0 aromatic carbocycles. The number of fused-ring (bicyclic) bond motifs is 1. The average Bonchev–Trinajstić information content (AvgIpc) is 2.93. The van der Waals surface area contributed by atoms with Gasteiger partial charge in [0.15, 0.2) is 0 Å². The van der Waals surface area contributed by atoms with Crippen molar-refractivity contribution in [1.29, 1.82) is 0 Å². The number of aryl methyl sites for hydroxylation is 1. The Hall–Kier alpha value is -0.830. The van der Waals surface area contributed by atoms with Crippen molar-refractivity contribution < 1.29 is 0 Å². The molecule has 0 bridgehead atoms. The molecule has 2 heterocycles. The van der Waals surface area contributed by atoms with Gasteiger partial charge in [-0.1, -0.05) is 6.07 Å². The van der Waals surface area contributed by atoms with E-state index in [-0.39, 0.29) is 0 Å². The smallest absolute Gasteiger partial charge is 0.132 e. The van der Waals surface area contributed by atoms with Crippen molar-refractivity contribution in [3.63, 3.8) is 0 Å². The minimum atomic E-state index is 0.690. The predicted octanol–water partition coefficient (Wildman–Crippen LogP) is 3.28. The fourth-order valence-corrected chi connectivity index (χ4v) is 2.31. The van der Waals surface area contributed by atoms with Crippen molar-refractivity contribution in [2.45, 2.75) is 25.7 Å². The maximum absolute atomic E-state index is 4.57. The van der Waals surface area contributed by atoms with Gasteiger partial charge < -0.3 is 4.40 Å². The molecular weight excluding hydrogens is 240 g/mol. The lowest BCUT2D eigenvalue weighted by Gasteiger charge is -1.99. The molecule has 3 rings (SSSR count). The SMILES string of the molecule is Cc1ccc2c(Br)nc(C3CC3)n2c1. The van der Waals surface area contributed by atoms with Crippen LogP contribution in [-0.2, 0) is 0 Å². The highest BCUT2D eigenvalue weighted by Gasteiger charge is 2.28. The Bertz CT molecular complexity index is 497. The molecule has 3 heteroatoms. The Labute approximate surface area is 91.1 Å². The van der Waals surface area contributed by atoms with Crippen molar-refractivity contribution in [3.8, 4) is 0 Å². The molecule has 0 unspecified atom stereocenters. The van der Waals surface area contributed by atoms with Gasteiger partial charge in [0.1, 0.15) is 10.4 Å². The van der Waals surface area contributed by atoms with E-state index in [0.29, 0.717) is 5.92 Å². The van der Waals surface area contributed by atoms with Crippen LogP contribution in [0, 0.1) is 6.92 Å². The van der Waals surface area contributed by atoms with Gasteiger partial charge in [0.05, 0.1) is 5.52 Å². The number of imidazole rings is 1. The zero-order valence-electron chi connectivity index (χ0n) is 8.00. The van der Waals surface area contributed by atoms with Crippen LogP contribution < -0.4 is 0 Å². The third-order valence-electron chi connectivity index (χ3n) is 2.71. The van der Waals surface area contributed by atoms with E-state index in [4.69, 9.17) is 0 Å². The number of aromatic nitrogens is 2. The molecule has 1 fully saturated rings. The second-order valence-corrected chi connectivity index (χ2v) is 4.75. The maximum atomic E-state index is 4.57. The van der Waals surface area contributed by atoms with Gasteiger partial charge in [-0.05, 0) is 47.3 Å². The molecule has 2 aromatic heterocycles. The molecule has 1 saturated carbocycles. The molecule has 0 amide bonds. The molecular formula is C11H11BrN2. The van der Waals surface area contributed by atoms with Gasteiger partial charge in [-0.15, -0.1) is 0 Å². The summed E-state index contributed by atoms with van der Waals surface area (Å²) in [6.45, 7) is 2.12. The first kappa shape index (κ1) is 8.48. The minimum Gasteiger partial charge on any atom is -0.302 e. The van der Waals surface area contributed by atoms with E-state index in [0.717, 1.165) is 4.60 Å². The fraction of sp³-hybridized carbons (Fsp3) is 0.364. The molecule has 0 N–H and O–H groups in total. The number of rotatable bonds is 1. The van der Waals surface area contributed by atoms with E-state index in [9.17, 15) is 0 Å². The normalized spacial score (nSPS) is 16.4. The van der Waals surface area contributed by atoms with E-state index in [2.05, 4.69) is 50.6 Å². The highest BCUT2D eigenvalue weighted by atomic mass is 79.9. The minimum absolute atomic E-state index is 0.690. The van der Waals surface area contributed by atoms with E-state index < -0.39 is 0 Å². The second-order valence-electron chi connectivity index (χ2n) is 4.00. The summed E-state index contributed by atoms with van der Waals surface area (Å²) >= 11 is 3.51. The molecule has 1 aliphatic rings. The first-order valence-corrected chi connectivity index (χ1v) is 5.69. The zero-order valence-corrected chi connectivity index (χ0v) is 9.58. The van der Waals surface area contributed by atoms with Crippen LogP contribution in [0.25, 0.3) is 5.52 Å². The molecule has 0 aliphatic heterocycles. The highest BCUT2D eigenvalue weighted by Crippen LogP contribution is 2.40. The van der Waals surface area contributed by atoms with Gasteiger partial charge in [-0.25, -0.2) is 4.98 Å². The summed E-state index contributed by atoms with van der Waals surface area (Å²) in [5.74, 6) is 1.91. The van der Waals surface area contributed by atoms with Gasteiger partial charge in [-0.3, -0.25) is 0 Å². The van der Waals surface area contributed by atoms with Crippen molar-refractivity contribution in [3.05, 3.63) is 34.3 Å². The van der Waals surface area contributed by atoms with E-state index in [1.54, 1.807) is 0 Å². The molecule has 0 saturated heterocycles. The lowest BCUT2D eigenvalue weighted by atomic mass is 10.3. The summed E-state index contributed by atoms with van der Waals surface area (Å²) < 4.78 is 3.19. The third-order valence-corrected chi connectivity index (χ3v) is 3.29. The largest absolute Gasteiger partial charge is 0.302 e. The number of halogens is 1. The Balaban J connectivity index is 2.33. The quantitative estimate of drug-likeness (QED) is 0.760. The number of hydrogen-bond acceptors (Lipinski definition) is 1. The van der Waals surface area contributed by atoms with Crippen molar-refractivity contribution in [2.24, 2.45) is 0 Å². The summed E-state index contributed by atoms with van der Waals surface area (Å²) in [7, 11) is 0. The van der Waals surface area contributed by atoms with Gasteiger partial charge in [0, 0.05) is 12.1 Å². The highest BCUT2D eigenvalue weighted by molar-refractivity contribution is 9.10. The zero-order chi connectivity index (χ0) is 9.71. The molecule has 0 spiro atoms. The van der Waals surface area contributed by atoms with E-state index in [1.165, 1.54) is 29.7 Å². The maximum Gasteiger partial charge on any atom is 0.132 e. The van der Waals surface area contributed by atoms with Crippen LogP contribution >= 0.6 is 15.9 Å². The van der Waals surface area contributed by atoms with Crippen LogP contribution in [0.4, 0.5) is 0 Å². The lowest BCUT2D eigenvalue weighted by Crippen LogP contribution is -1.92. The van der Waals surface area contributed by atoms with Gasteiger partial charge >= 0.3 is 0 Å². The molecule has 2 nitrogen and oxygen atoms in total. The molecule has 2 aromatic rings. The van der Waals surface area contributed by atoms with Crippen LogP contribution in [0.5, 0.6) is 0 Å². The predicted molar refractivity (Wildman–Crippen MR) is 59.6 cm³/mol. The molecule has 72 valence electrons. The van der Waals surface area contributed by atoms with Crippen LogP contribution in [0.2, 0.25) is 0 Å². The van der Waals surface area contributed by atoms with Crippen LogP contribution in [0.3, 0.4) is 0 Å². The second kappa shape index (κ2) is 2.83. The molecule has 1 aliphatic carbocycles. The Morgan fingerprint density at radius 1 is 1.43 bits per heavy atom. The fourth-order valence-electron chi connectivity index (χ4n) is 1.81. The Morgan fingerprint density at radius 2 is 2.21 bits per heavy atom. The molecule has 0 radical (unpaired) electrons. The summed E-state index contributed by atoms with van der Waals surface area (Å²) in [4.78, 5) is 4.57. The van der Waals surface area contributed by atoms with Gasteiger partial charge in [-0.2, -0.15) is 0 Å². The topological polar surface area (TPSA) is 17.3 Å². The standard InChI is InChI=1S/C11H11BrN2/c1-7-2-5-9-10(12)13-11(8-3-4-8)14(9)6-7/h2,5-6,8H,3-4H2,1H3. The van der Waals surface area contributed by atoms with Crippen molar-refractivity contribution in [2.75, 3.05) is 0 Å². The van der Waals surface area contributed by atoms with Crippen LogP contribution in [0.15, 0.2) is 22.9 Å². The summed E-state index contributed by atoms with van der Waals surface area (Å²) in [5, 5.41) is 0. The van der Waals surface area contributed by atoms with Gasteiger partial charge in [0.25, 0.3) is 0 Å². The summed E-state index contributed by atoms with van der Waals surface area (Å²) in [5.41, 5.74) is 2.46. The molecule has 14 heavy (non-hydrogen) atoms. The lowest BCUT2D eigenvalue weighted by molar-refractivity contribution is 0.914. The van der Waals surface area contributed by atoms with Crippen LogP contribution in [0.1, 0.15) is 30.1 Å². The number of pyridine rings is 1. The Kier molecular flexibility index (Phi) is 1.71. The first-order valence-electron chi connectivity index (χ1n) is 4.90. The third kappa shape index (κ3) is 1.19.